The van der Waals surface area contributed by atoms with E-state index in [4.69, 9.17) is 5.10 Å². The molecule has 1 aliphatic rings. The third-order valence-electron chi connectivity index (χ3n) is 4.85. The first-order chi connectivity index (χ1) is 12.1. The summed E-state index contributed by atoms with van der Waals surface area (Å²) in [4.78, 5) is 15.6. The summed E-state index contributed by atoms with van der Waals surface area (Å²) in [5.41, 5.74) is 4.62. The number of nitrogens with zero attached hydrogens (tertiary/aromatic N) is 4. The number of pyridine rings is 1. The first-order valence-electron chi connectivity index (χ1n) is 8.43. The topological polar surface area (TPSA) is 71.6 Å². The molecule has 0 aliphatic heterocycles. The number of carbonyl (C=O) groups is 1. The fourth-order valence-electron chi connectivity index (χ4n) is 3.24. The lowest BCUT2D eigenvalue weighted by Gasteiger charge is -2.08. The molecule has 0 unspecified atom stereocenters. The number of nitriles is 1. The smallest absolute Gasteiger partial charge is 0.151 e. The summed E-state index contributed by atoms with van der Waals surface area (Å²) >= 11 is 0. The molecule has 0 atom stereocenters. The van der Waals surface area contributed by atoms with Crippen molar-refractivity contribution in [3.63, 3.8) is 0 Å². The minimum absolute atomic E-state index is 0.150. The van der Waals surface area contributed by atoms with Gasteiger partial charge in [0.1, 0.15) is 11.2 Å². The lowest BCUT2D eigenvalue weighted by molar-refractivity contribution is 0.112. The van der Waals surface area contributed by atoms with Gasteiger partial charge in [0, 0.05) is 23.4 Å². The molecule has 1 fully saturated rings. The molecule has 0 N–H and O–H groups in total. The molecular formula is C20H18N4O. The van der Waals surface area contributed by atoms with E-state index in [1.165, 1.54) is 0 Å². The summed E-state index contributed by atoms with van der Waals surface area (Å²) in [7, 11) is 0. The number of hydrogen-bond acceptors (Lipinski definition) is 4. The molecule has 0 radical (unpaired) electrons. The summed E-state index contributed by atoms with van der Waals surface area (Å²) in [6.07, 6.45) is 4.20. The van der Waals surface area contributed by atoms with E-state index in [2.05, 4.69) is 31.0 Å². The molecule has 5 heteroatoms. The Morgan fingerprint density at radius 3 is 2.76 bits per heavy atom. The van der Waals surface area contributed by atoms with Crippen molar-refractivity contribution in [1.29, 1.82) is 5.26 Å². The van der Waals surface area contributed by atoms with E-state index in [9.17, 15) is 10.1 Å². The highest BCUT2D eigenvalue weighted by molar-refractivity contribution is 5.93. The molecule has 0 bridgehead atoms. The number of aromatic nitrogens is 3. The van der Waals surface area contributed by atoms with Crippen LogP contribution in [0.15, 0.2) is 36.5 Å². The van der Waals surface area contributed by atoms with E-state index < -0.39 is 0 Å². The van der Waals surface area contributed by atoms with Gasteiger partial charge in [0.2, 0.25) is 0 Å². The van der Waals surface area contributed by atoms with Gasteiger partial charge in [0.15, 0.2) is 6.29 Å². The number of hydrogen-bond donors (Lipinski definition) is 0. The molecule has 0 spiro atoms. The van der Waals surface area contributed by atoms with Crippen molar-refractivity contribution in [1.82, 2.24) is 14.8 Å². The van der Waals surface area contributed by atoms with Gasteiger partial charge in [-0.1, -0.05) is 18.2 Å². The van der Waals surface area contributed by atoms with Crippen molar-refractivity contribution in [2.75, 3.05) is 0 Å². The highest BCUT2D eigenvalue weighted by Gasteiger charge is 2.44. The fraction of sp³-hybridized carbons (Fsp3) is 0.300. The summed E-state index contributed by atoms with van der Waals surface area (Å²) in [5, 5.41) is 14.2. The Morgan fingerprint density at radius 1 is 1.32 bits per heavy atom. The zero-order valence-electron chi connectivity index (χ0n) is 14.2. The SMILES string of the molecule is CC(C)n1nc(-c2cccc(C3(C#N)CC3)c2)c2ncc(C=O)cc21. The van der Waals surface area contributed by atoms with E-state index in [-0.39, 0.29) is 11.5 Å². The van der Waals surface area contributed by atoms with Crippen LogP contribution in [0.2, 0.25) is 0 Å². The zero-order chi connectivity index (χ0) is 17.6. The maximum atomic E-state index is 11.1. The van der Waals surface area contributed by atoms with Gasteiger partial charge in [-0.05, 0) is 44.4 Å². The van der Waals surface area contributed by atoms with E-state index in [0.29, 0.717) is 5.56 Å². The van der Waals surface area contributed by atoms with E-state index in [1.54, 1.807) is 6.20 Å². The number of fused-ring (bicyclic) bond motifs is 1. The molecule has 2 heterocycles. The van der Waals surface area contributed by atoms with Crippen molar-refractivity contribution in [3.05, 3.63) is 47.7 Å². The average Bonchev–Trinajstić information content (AvgIpc) is 3.35. The summed E-state index contributed by atoms with van der Waals surface area (Å²) in [5.74, 6) is 0. The van der Waals surface area contributed by atoms with Gasteiger partial charge in [-0.2, -0.15) is 10.4 Å². The van der Waals surface area contributed by atoms with E-state index >= 15 is 0 Å². The highest BCUT2D eigenvalue weighted by Crippen LogP contribution is 2.48. The Morgan fingerprint density at radius 2 is 2.12 bits per heavy atom. The summed E-state index contributed by atoms with van der Waals surface area (Å²) in [6, 6.07) is 12.5. The molecule has 25 heavy (non-hydrogen) atoms. The van der Waals surface area contributed by atoms with Gasteiger partial charge in [-0.15, -0.1) is 0 Å². The Hall–Kier alpha value is -3.00. The van der Waals surface area contributed by atoms with Crippen LogP contribution < -0.4 is 0 Å². The molecule has 1 aromatic carbocycles. The summed E-state index contributed by atoms with van der Waals surface area (Å²) in [6.45, 7) is 4.10. The van der Waals surface area contributed by atoms with Crippen LogP contribution in [0.5, 0.6) is 0 Å². The first kappa shape index (κ1) is 15.5. The third kappa shape index (κ3) is 2.42. The van der Waals surface area contributed by atoms with Crippen molar-refractivity contribution < 1.29 is 4.79 Å². The average molecular weight is 330 g/mol. The van der Waals surface area contributed by atoms with Crippen molar-refractivity contribution in [2.45, 2.75) is 38.1 Å². The Bertz CT molecular complexity index is 1020. The van der Waals surface area contributed by atoms with Gasteiger partial charge in [-0.3, -0.25) is 14.5 Å². The molecule has 2 aromatic heterocycles. The highest BCUT2D eigenvalue weighted by atomic mass is 16.1. The van der Waals surface area contributed by atoms with E-state index in [1.807, 2.05) is 28.9 Å². The van der Waals surface area contributed by atoms with Crippen molar-refractivity contribution in [3.8, 4) is 17.3 Å². The Kier molecular flexibility index (Phi) is 3.43. The van der Waals surface area contributed by atoms with Gasteiger partial charge in [0.05, 0.1) is 17.0 Å². The van der Waals surface area contributed by atoms with Crippen LogP contribution in [-0.2, 0) is 5.41 Å². The number of benzene rings is 1. The second kappa shape index (κ2) is 5.52. The standard InChI is InChI=1S/C20H18N4O/c1-13(2)24-17-8-14(11-25)10-22-19(17)18(23-24)15-4-3-5-16(9-15)20(12-21)6-7-20/h3-5,8-11,13H,6-7H2,1-2H3. The van der Waals surface area contributed by atoms with Crippen LogP contribution >= 0.6 is 0 Å². The Balaban J connectivity index is 1.92. The largest absolute Gasteiger partial charge is 0.298 e. The minimum atomic E-state index is -0.329. The van der Waals surface area contributed by atoms with E-state index in [0.717, 1.165) is 47.0 Å². The first-order valence-corrected chi connectivity index (χ1v) is 8.43. The molecule has 1 saturated carbocycles. The van der Waals surface area contributed by atoms with Crippen LogP contribution in [0.3, 0.4) is 0 Å². The van der Waals surface area contributed by atoms with Crippen LogP contribution in [0, 0.1) is 11.3 Å². The number of rotatable bonds is 4. The lowest BCUT2D eigenvalue weighted by Crippen LogP contribution is -2.03. The Labute approximate surface area is 145 Å². The van der Waals surface area contributed by atoms with Gasteiger partial charge >= 0.3 is 0 Å². The lowest BCUT2D eigenvalue weighted by atomic mass is 9.95. The maximum absolute atomic E-state index is 11.1. The molecule has 1 aliphatic carbocycles. The van der Waals surface area contributed by atoms with Gasteiger partial charge in [0.25, 0.3) is 0 Å². The van der Waals surface area contributed by atoms with Crippen LogP contribution in [0.4, 0.5) is 0 Å². The van der Waals surface area contributed by atoms with Crippen LogP contribution in [0.25, 0.3) is 22.3 Å². The van der Waals surface area contributed by atoms with Gasteiger partial charge < -0.3 is 0 Å². The fourth-order valence-corrected chi connectivity index (χ4v) is 3.24. The quantitative estimate of drug-likeness (QED) is 0.677. The molecule has 0 amide bonds. The molecule has 4 rings (SSSR count). The molecule has 124 valence electrons. The molecule has 5 nitrogen and oxygen atoms in total. The molecule has 0 saturated heterocycles. The van der Waals surface area contributed by atoms with Gasteiger partial charge in [-0.25, -0.2) is 0 Å². The number of carbonyl (C=O) groups excluding carboxylic acids is 1. The molecular weight excluding hydrogens is 312 g/mol. The second-order valence-electron chi connectivity index (χ2n) is 6.92. The number of aldehydes is 1. The van der Waals surface area contributed by atoms with Crippen LogP contribution in [-0.4, -0.2) is 21.1 Å². The van der Waals surface area contributed by atoms with Crippen LogP contribution in [0.1, 0.15) is 48.7 Å². The molecule has 3 aromatic rings. The second-order valence-corrected chi connectivity index (χ2v) is 6.92. The van der Waals surface area contributed by atoms with Crippen molar-refractivity contribution >= 4 is 17.3 Å². The minimum Gasteiger partial charge on any atom is -0.298 e. The van der Waals surface area contributed by atoms with Crippen molar-refractivity contribution in [2.24, 2.45) is 0 Å². The maximum Gasteiger partial charge on any atom is 0.151 e. The monoisotopic (exact) mass is 330 g/mol. The zero-order valence-corrected chi connectivity index (χ0v) is 14.2. The predicted molar refractivity (Wildman–Crippen MR) is 95.3 cm³/mol. The normalized spacial score (nSPS) is 15.3. The summed E-state index contributed by atoms with van der Waals surface area (Å²) < 4.78 is 1.90. The third-order valence-corrected chi connectivity index (χ3v) is 4.85. The predicted octanol–water partition coefficient (Wildman–Crippen LogP) is 4.05.